The summed E-state index contributed by atoms with van der Waals surface area (Å²) in [4.78, 5) is 24.5. The minimum atomic E-state index is -0.538. The first-order chi connectivity index (χ1) is 13.2. The normalized spacial score (nSPS) is 21.1. The molecule has 9 heteroatoms. The van der Waals surface area contributed by atoms with Gasteiger partial charge >= 0.3 is 6.09 Å². The molecule has 0 saturated carbocycles. The summed E-state index contributed by atoms with van der Waals surface area (Å²) in [5.74, 6) is 0.913. The number of pyridine rings is 1. The number of carbonyl (C=O) groups excluding carboxylic acids is 1. The number of fused-ring (bicyclic) bond motifs is 2. The van der Waals surface area contributed by atoms with Gasteiger partial charge in [-0.2, -0.15) is 5.26 Å². The average Bonchev–Trinajstić information content (AvgIpc) is 2.62. The third-order valence-electron chi connectivity index (χ3n) is 4.35. The van der Waals surface area contributed by atoms with E-state index in [0.29, 0.717) is 42.3 Å². The molecule has 1 aromatic rings. The van der Waals surface area contributed by atoms with Crippen LogP contribution in [0.1, 0.15) is 32.8 Å². The van der Waals surface area contributed by atoms with Gasteiger partial charge in [0.2, 0.25) is 0 Å². The Balaban J connectivity index is 1.79. The zero-order chi connectivity index (χ0) is 20.5. The molecular weight excluding hydrogens is 360 g/mol. The van der Waals surface area contributed by atoms with Crippen molar-refractivity contribution in [3.8, 4) is 11.8 Å². The highest BCUT2D eigenvalue weighted by Crippen LogP contribution is 2.39. The number of nitrogens with one attached hydrogen (secondary N) is 1. The Kier molecular flexibility index (Phi) is 5.31. The summed E-state index contributed by atoms with van der Waals surface area (Å²) in [5.41, 5.74) is 0.272. The van der Waals surface area contributed by atoms with Gasteiger partial charge in [0.05, 0.1) is 18.6 Å². The number of nitrogens with zero attached hydrogens (tertiary/aromatic N) is 5. The number of aromatic nitrogens is 1. The number of piperidine rings is 1. The van der Waals surface area contributed by atoms with Gasteiger partial charge in [-0.15, -0.1) is 0 Å². The number of carbonyl (C=O) groups is 1. The summed E-state index contributed by atoms with van der Waals surface area (Å²) in [6, 6.07) is 2.05. The van der Waals surface area contributed by atoms with Crippen molar-refractivity contribution in [1.82, 2.24) is 14.8 Å². The molecule has 1 aromatic heterocycles. The van der Waals surface area contributed by atoms with Crippen molar-refractivity contribution in [2.75, 3.05) is 32.5 Å². The number of rotatable bonds is 2. The molecule has 1 fully saturated rings. The van der Waals surface area contributed by atoms with Crippen molar-refractivity contribution in [3.05, 3.63) is 11.8 Å². The second kappa shape index (κ2) is 7.54. The first-order valence-corrected chi connectivity index (χ1v) is 9.23. The number of likely N-dealkylation sites (tertiary alicyclic amines) is 1. The van der Waals surface area contributed by atoms with Crippen LogP contribution in [0.3, 0.4) is 0 Å². The van der Waals surface area contributed by atoms with Gasteiger partial charge in [-0.3, -0.25) is 0 Å². The lowest BCUT2D eigenvalue weighted by molar-refractivity contribution is 0.00866. The van der Waals surface area contributed by atoms with Crippen molar-refractivity contribution in [3.63, 3.8) is 0 Å². The first kappa shape index (κ1) is 19.7. The Hall–Kier alpha value is -3.02. The molecule has 9 nitrogen and oxygen atoms in total. The zero-order valence-corrected chi connectivity index (χ0v) is 16.9. The molecule has 1 amide bonds. The van der Waals surface area contributed by atoms with Gasteiger partial charge in [-0.05, 0) is 20.8 Å². The number of hydrogen-bond donors (Lipinski definition) is 1. The fourth-order valence-electron chi connectivity index (χ4n) is 3.11. The van der Waals surface area contributed by atoms with Crippen LogP contribution in [0.4, 0.5) is 16.3 Å². The number of aliphatic imine (C=N–C) groups is 1. The van der Waals surface area contributed by atoms with Crippen LogP contribution >= 0.6 is 0 Å². The Morgan fingerprint density at radius 3 is 2.93 bits per heavy atom. The molecule has 150 valence electrons. The lowest BCUT2D eigenvalue weighted by Crippen LogP contribution is -2.56. The fourth-order valence-corrected chi connectivity index (χ4v) is 3.11. The largest absolute Gasteiger partial charge is 0.483 e. The average molecular weight is 386 g/mol. The molecule has 2 aliphatic heterocycles. The number of nitriles is 1. The van der Waals surface area contributed by atoms with Crippen LogP contribution in [0, 0.1) is 11.3 Å². The standard InChI is InChI=1S/C19H26N6O3/c1-19(2,3)28-18(26)25-7-6-15-14(10-25)23-17-16(27-15)12(8-20)13(9-21-17)22-11-24(4)5/h9,11,14-15H,6-7,10H2,1-5H3,(H,21,23)/b22-11+/t14-,15+/m1/s1. The first-order valence-electron chi connectivity index (χ1n) is 9.23. The van der Waals surface area contributed by atoms with Gasteiger partial charge in [0.15, 0.2) is 11.6 Å². The van der Waals surface area contributed by atoms with Crippen LogP contribution in [-0.2, 0) is 4.74 Å². The molecule has 0 spiro atoms. The van der Waals surface area contributed by atoms with Crippen molar-refractivity contribution < 1.29 is 14.3 Å². The topological polar surface area (TPSA) is 103 Å². The van der Waals surface area contributed by atoms with Crippen molar-refractivity contribution in [2.24, 2.45) is 4.99 Å². The summed E-state index contributed by atoms with van der Waals surface area (Å²) < 4.78 is 11.6. The second-order valence-corrected chi connectivity index (χ2v) is 8.14. The smallest absolute Gasteiger partial charge is 0.410 e. The van der Waals surface area contributed by atoms with Crippen LogP contribution in [0.25, 0.3) is 0 Å². The lowest BCUT2D eigenvalue weighted by Gasteiger charge is -2.42. The Labute approximate surface area is 164 Å². The van der Waals surface area contributed by atoms with E-state index in [0.717, 1.165) is 0 Å². The summed E-state index contributed by atoms with van der Waals surface area (Å²) in [6.45, 7) is 6.52. The van der Waals surface area contributed by atoms with Crippen LogP contribution in [0.2, 0.25) is 0 Å². The molecule has 0 aliphatic carbocycles. The predicted octanol–water partition coefficient (Wildman–Crippen LogP) is 2.36. The highest BCUT2D eigenvalue weighted by Gasteiger charge is 2.39. The lowest BCUT2D eigenvalue weighted by atomic mass is 10.00. The highest BCUT2D eigenvalue weighted by atomic mass is 16.6. The molecule has 1 saturated heterocycles. The molecule has 28 heavy (non-hydrogen) atoms. The number of ether oxygens (including phenoxy) is 2. The van der Waals surface area contributed by atoms with E-state index in [1.54, 1.807) is 22.3 Å². The van der Waals surface area contributed by atoms with Crippen LogP contribution < -0.4 is 10.1 Å². The number of hydrogen-bond acceptors (Lipinski definition) is 7. The third kappa shape index (κ3) is 4.27. The molecule has 3 heterocycles. The quantitative estimate of drug-likeness (QED) is 0.615. The SMILES string of the molecule is CN(C)/C=N/c1cnc2c(c1C#N)O[C@H]1CCN(C(=O)OC(C)(C)C)C[C@H]1N2. The van der Waals surface area contributed by atoms with Gasteiger partial charge in [-0.25, -0.2) is 14.8 Å². The van der Waals surface area contributed by atoms with Gasteiger partial charge in [0.25, 0.3) is 0 Å². The monoisotopic (exact) mass is 386 g/mol. The zero-order valence-electron chi connectivity index (χ0n) is 16.9. The molecule has 0 aromatic carbocycles. The van der Waals surface area contributed by atoms with E-state index in [2.05, 4.69) is 21.4 Å². The minimum Gasteiger partial charge on any atom is -0.483 e. The van der Waals surface area contributed by atoms with Gasteiger partial charge in [0.1, 0.15) is 29.0 Å². The van der Waals surface area contributed by atoms with Crippen molar-refractivity contribution in [1.29, 1.82) is 5.26 Å². The van der Waals surface area contributed by atoms with Gasteiger partial charge in [0, 0.05) is 33.6 Å². The minimum absolute atomic E-state index is 0.121. The fraction of sp³-hybridized carbons (Fsp3) is 0.579. The predicted molar refractivity (Wildman–Crippen MR) is 105 cm³/mol. The molecule has 2 aliphatic rings. The summed E-state index contributed by atoms with van der Waals surface area (Å²) in [6.07, 6.45) is 3.29. The Morgan fingerprint density at radius 1 is 1.54 bits per heavy atom. The molecule has 0 radical (unpaired) electrons. The molecule has 3 rings (SSSR count). The number of anilines is 1. The van der Waals surface area contributed by atoms with Crippen molar-refractivity contribution >= 4 is 23.9 Å². The van der Waals surface area contributed by atoms with Crippen LogP contribution in [0.15, 0.2) is 11.2 Å². The Bertz CT molecular complexity index is 824. The van der Waals surface area contributed by atoms with Crippen LogP contribution in [-0.4, -0.2) is 72.1 Å². The molecule has 0 bridgehead atoms. The van der Waals surface area contributed by atoms with E-state index < -0.39 is 5.60 Å². The molecule has 1 N–H and O–H groups in total. The Morgan fingerprint density at radius 2 is 2.29 bits per heavy atom. The van der Waals surface area contributed by atoms with E-state index >= 15 is 0 Å². The molecule has 0 unspecified atom stereocenters. The van der Waals surface area contributed by atoms with E-state index in [4.69, 9.17) is 9.47 Å². The third-order valence-corrected chi connectivity index (χ3v) is 4.35. The summed E-state index contributed by atoms with van der Waals surface area (Å²) >= 11 is 0. The highest BCUT2D eigenvalue weighted by molar-refractivity contribution is 5.73. The summed E-state index contributed by atoms with van der Waals surface area (Å²) in [5, 5.41) is 12.9. The van der Waals surface area contributed by atoms with Crippen molar-refractivity contribution in [2.45, 2.75) is 44.9 Å². The number of amides is 1. The van der Waals surface area contributed by atoms with Crippen LogP contribution in [0.5, 0.6) is 5.75 Å². The van der Waals surface area contributed by atoms with Gasteiger partial charge in [-0.1, -0.05) is 0 Å². The maximum absolute atomic E-state index is 12.4. The maximum Gasteiger partial charge on any atom is 0.410 e. The van der Waals surface area contributed by atoms with E-state index in [1.165, 1.54) is 0 Å². The van der Waals surface area contributed by atoms with E-state index in [1.807, 2.05) is 34.9 Å². The molecule has 2 atom stereocenters. The maximum atomic E-state index is 12.4. The second-order valence-electron chi connectivity index (χ2n) is 8.14. The van der Waals surface area contributed by atoms with Gasteiger partial charge < -0.3 is 24.6 Å². The van der Waals surface area contributed by atoms with E-state index in [-0.39, 0.29) is 18.2 Å². The molecular formula is C19H26N6O3. The summed E-state index contributed by atoms with van der Waals surface area (Å²) in [7, 11) is 3.70. The van der Waals surface area contributed by atoms with E-state index in [9.17, 15) is 10.1 Å².